The Labute approximate surface area is 128 Å². The largest absolute Gasteiger partial charge is 0.448 e. The third-order valence-corrected chi connectivity index (χ3v) is 3.23. The molecule has 0 bridgehead atoms. The number of hydrogen-bond donors (Lipinski definition) is 0. The number of rotatable bonds is 4. The maximum Gasteiger partial charge on any atom is 0.374 e. The lowest BCUT2D eigenvalue weighted by Gasteiger charge is -2.11. The van der Waals surface area contributed by atoms with Crippen LogP contribution in [0.25, 0.3) is 0 Å². The summed E-state index contributed by atoms with van der Waals surface area (Å²) in [6, 6.07) is 9.41. The minimum absolute atomic E-state index is 0.0348. The van der Waals surface area contributed by atoms with Gasteiger partial charge in [-0.2, -0.15) is 0 Å². The fourth-order valence-electron chi connectivity index (χ4n) is 1.55. The van der Waals surface area contributed by atoms with Gasteiger partial charge in [-0.3, -0.25) is 4.79 Å². The number of Topliss-reactive ketones (excluding diaryl/α,β-unsaturated/α-hetero) is 1. The van der Waals surface area contributed by atoms with Crippen LogP contribution in [0.4, 0.5) is 0 Å². The monoisotopic (exact) mass is 356 g/mol. The molecule has 0 amide bonds. The Morgan fingerprint density at radius 2 is 1.85 bits per heavy atom. The average molecular weight is 358 g/mol. The van der Waals surface area contributed by atoms with Crippen LogP contribution < -0.4 is 0 Å². The summed E-state index contributed by atoms with van der Waals surface area (Å²) in [4.78, 5) is 23.8. The molecule has 1 atom stereocenters. The Bertz CT molecular complexity index is 633. The Hall–Kier alpha value is -1.59. The summed E-state index contributed by atoms with van der Waals surface area (Å²) in [5.74, 6) is -0.959. The first-order chi connectivity index (χ1) is 9.47. The summed E-state index contributed by atoms with van der Waals surface area (Å²) in [6.45, 7) is 1.51. The SMILES string of the molecule is C[C@@H](OC(=O)c1ccc(Br)o1)C(=O)c1ccc(Cl)cc1. The molecule has 1 aromatic carbocycles. The first-order valence-corrected chi connectivity index (χ1v) is 6.90. The predicted octanol–water partition coefficient (Wildman–Crippen LogP) is 4.12. The second kappa shape index (κ2) is 6.24. The molecule has 0 saturated carbocycles. The number of furan rings is 1. The van der Waals surface area contributed by atoms with Crippen molar-refractivity contribution < 1.29 is 18.7 Å². The second-order valence-electron chi connectivity index (χ2n) is 4.02. The minimum atomic E-state index is -0.910. The highest BCUT2D eigenvalue weighted by atomic mass is 79.9. The van der Waals surface area contributed by atoms with Gasteiger partial charge >= 0.3 is 5.97 Å². The smallest absolute Gasteiger partial charge is 0.374 e. The van der Waals surface area contributed by atoms with E-state index in [1.54, 1.807) is 30.3 Å². The number of benzene rings is 1. The summed E-state index contributed by atoms with van der Waals surface area (Å²) in [6.07, 6.45) is -0.910. The molecule has 0 aliphatic heterocycles. The third kappa shape index (κ3) is 3.49. The zero-order valence-corrected chi connectivity index (χ0v) is 12.8. The van der Waals surface area contributed by atoms with E-state index in [4.69, 9.17) is 20.8 Å². The molecule has 0 aliphatic rings. The van der Waals surface area contributed by atoms with Gasteiger partial charge in [-0.25, -0.2) is 4.79 Å². The highest BCUT2D eigenvalue weighted by molar-refractivity contribution is 9.10. The number of ketones is 1. The lowest BCUT2D eigenvalue weighted by atomic mass is 10.1. The van der Waals surface area contributed by atoms with Crippen molar-refractivity contribution in [2.45, 2.75) is 13.0 Å². The molecule has 0 fully saturated rings. The zero-order chi connectivity index (χ0) is 14.7. The molecule has 6 heteroatoms. The van der Waals surface area contributed by atoms with Crippen molar-refractivity contribution in [1.82, 2.24) is 0 Å². The quantitative estimate of drug-likeness (QED) is 0.610. The highest BCUT2D eigenvalue weighted by Crippen LogP contribution is 2.17. The van der Waals surface area contributed by atoms with E-state index >= 15 is 0 Å². The van der Waals surface area contributed by atoms with Crippen LogP contribution in [-0.4, -0.2) is 17.9 Å². The minimum Gasteiger partial charge on any atom is -0.448 e. The van der Waals surface area contributed by atoms with Gasteiger partial charge in [0.15, 0.2) is 10.8 Å². The summed E-state index contributed by atoms with van der Waals surface area (Å²) < 4.78 is 10.5. The van der Waals surface area contributed by atoms with Crippen LogP contribution in [0.3, 0.4) is 0 Å². The first kappa shape index (κ1) is 14.8. The zero-order valence-electron chi connectivity index (χ0n) is 10.4. The van der Waals surface area contributed by atoms with Crippen molar-refractivity contribution in [1.29, 1.82) is 0 Å². The van der Waals surface area contributed by atoms with Crippen LogP contribution in [0.5, 0.6) is 0 Å². The van der Waals surface area contributed by atoms with E-state index < -0.39 is 12.1 Å². The number of carbonyl (C=O) groups is 2. The molecule has 0 unspecified atom stereocenters. The van der Waals surface area contributed by atoms with E-state index in [1.807, 2.05) is 0 Å². The Kier molecular flexibility index (Phi) is 4.62. The van der Waals surface area contributed by atoms with Crippen molar-refractivity contribution in [3.8, 4) is 0 Å². The second-order valence-corrected chi connectivity index (χ2v) is 5.24. The maximum atomic E-state index is 12.1. The van der Waals surface area contributed by atoms with Crippen LogP contribution in [0.15, 0.2) is 45.5 Å². The van der Waals surface area contributed by atoms with E-state index in [0.717, 1.165) is 0 Å². The van der Waals surface area contributed by atoms with Crippen LogP contribution in [-0.2, 0) is 4.74 Å². The van der Waals surface area contributed by atoms with Gasteiger partial charge in [-0.05, 0) is 59.3 Å². The summed E-state index contributed by atoms with van der Waals surface area (Å²) in [7, 11) is 0. The summed E-state index contributed by atoms with van der Waals surface area (Å²) >= 11 is 8.83. The van der Waals surface area contributed by atoms with Crippen LogP contribution in [0.2, 0.25) is 5.02 Å². The molecule has 0 radical (unpaired) electrons. The number of halogens is 2. The topological polar surface area (TPSA) is 56.5 Å². The van der Waals surface area contributed by atoms with Gasteiger partial charge in [0.05, 0.1) is 0 Å². The molecule has 20 heavy (non-hydrogen) atoms. The van der Waals surface area contributed by atoms with Crippen molar-refractivity contribution in [3.63, 3.8) is 0 Å². The molecule has 0 aliphatic carbocycles. The summed E-state index contributed by atoms with van der Waals surface area (Å²) in [5, 5.41) is 0.534. The molecule has 2 aromatic rings. The van der Waals surface area contributed by atoms with Crippen molar-refractivity contribution in [2.24, 2.45) is 0 Å². The van der Waals surface area contributed by atoms with Gasteiger partial charge in [0, 0.05) is 10.6 Å². The van der Waals surface area contributed by atoms with Gasteiger partial charge in [0.25, 0.3) is 0 Å². The predicted molar refractivity (Wildman–Crippen MR) is 77.1 cm³/mol. The van der Waals surface area contributed by atoms with Crippen molar-refractivity contribution in [3.05, 3.63) is 57.4 Å². The highest BCUT2D eigenvalue weighted by Gasteiger charge is 2.22. The standard InChI is InChI=1S/C14H10BrClO4/c1-8(13(17)9-2-4-10(16)5-3-9)19-14(18)11-6-7-12(15)20-11/h2-8H,1H3/t8-/m1/s1. The number of hydrogen-bond acceptors (Lipinski definition) is 4. The molecule has 0 N–H and O–H groups in total. The molecule has 2 rings (SSSR count). The molecular formula is C14H10BrClO4. The molecule has 0 spiro atoms. The van der Waals surface area contributed by atoms with E-state index in [9.17, 15) is 9.59 Å². The molecule has 0 saturated heterocycles. The molecular weight excluding hydrogens is 348 g/mol. The number of ether oxygens (including phenoxy) is 1. The molecule has 1 aromatic heterocycles. The van der Waals surface area contributed by atoms with Gasteiger partial charge in [-0.1, -0.05) is 11.6 Å². The molecule has 4 nitrogen and oxygen atoms in total. The Balaban J connectivity index is 2.04. The molecule has 1 heterocycles. The lowest BCUT2D eigenvalue weighted by Crippen LogP contribution is -2.24. The first-order valence-electron chi connectivity index (χ1n) is 5.73. The number of esters is 1. The number of carbonyl (C=O) groups excluding carboxylic acids is 2. The van der Waals surface area contributed by atoms with E-state index in [0.29, 0.717) is 15.3 Å². The lowest BCUT2D eigenvalue weighted by molar-refractivity contribution is 0.0288. The van der Waals surface area contributed by atoms with Gasteiger partial charge in [-0.15, -0.1) is 0 Å². The third-order valence-electron chi connectivity index (χ3n) is 2.56. The fourth-order valence-corrected chi connectivity index (χ4v) is 1.98. The molecule has 104 valence electrons. The van der Waals surface area contributed by atoms with Crippen molar-refractivity contribution in [2.75, 3.05) is 0 Å². The normalized spacial score (nSPS) is 11.9. The maximum absolute atomic E-state index is 12.1. The van der Waals surface area contributed by atoms with E-state index in [2.05, 4.69) is 15.9 Å². The Morgan fingerprint density at radius 1 is 1.20 bits per heavy atom. The van der Waals surface area contributed by atoms with Crippen LogP contribution >= 0.6 is 27.5 Å². The van der Waals surface area contributed by atoms with Crippen molar-refractivity contribution >= 4 is 39.3 Å². The van der Waals surface area contributed by atoms with Gasteiger partial charge < -0.3 is 9.15 Å². The fraction of sp³-hybridized carbons (Fsp3) is 0.143. The van der Waals surface area contributed by atoms with Crippen LogP contribution in [0, 0.1) is 0 Å². The van der Waals surface area contributed by atoms with E-state index in [1.165, 1.54) is 13.0 Å². The summed E-state index contributed by atoms with van der Waals surface area (Å²) in [5.41, 5.74) is 0.426. The Morgan fingerprint density at radius 3 is 2.40 bits per heavy atom. The van der Waals surface area contributed by atoms with Gasteiger partial charge in [0.1, 0.15) is 0 Å². The van der Waals surface area contributed by atoms with Gasteiger partial charge in [0.2, 0.25) is 11.5 Å². The van der Waals surface area contributed by atoms with E-state index in [-0.39, 0.29) is 11.5 Å². The average Bonchev–Trinajstić information content (AvgIpc) is 2.85. The van der Waals surface area contributed by atoms with Crippen LogP contribution in [0.1, 0.15) is 27.8 Å².